The number of pyridine rings is 1. The van der Waals surface area contributed by atoms with Gasteiger partial charge < -0.3 is 15.2 Å². The van der Waals surface area contributed by atoms with Gasteiger partial charge in [-0.2, -0.15) is 4.98 Å². The molecule has 28 heavy (non-hydrogen) atoms. The molecule has 0 atom stereocenters. The van der Waals surface area contributed by atoms with Crippen molar-refractivity contribution in [1.29, 1.82) is 0 Å². The number of anilines is 3. The second-order valence-corrected chi connectivity index (χ2v) is 5.99. The number of methoxy groups -OCH3 is 1. The highest BCUT2D eigenvalue weighted by Crippen LogP contribution is 2.26. The molecule has 0 bridgehead atoms. The minimum Gasteiger partial charge on any atom is -0.495 e. The summed E-state index contributed by atoms with van der Waals surface area (Å²) in [6.45, 7) is 0. The van der Waals surface area contributed by atoms with Gasteiger partial charge in [-0.15, -0.1) is 5.10 Å². The summed E-state index contributed by atoms with van der Waals surface area (Å²) in [5, 5.41) is 18.7. The molecule has 8 nitrogen and oxygen atoms in total. The first kappa shape index (κ1) is 17.3. The highest BCUT2D eigenvalue weighted by atomic mass is 16.5. The van der Waals surface area contributed by atoms with Crippen LogP contribution in [0.3, 0.4) is 0 Å². The maximum Gasteiger partial charge on any atom is 0.409 e. The van der Waals surface area contributed by atoms with E-state index in [1.807, 2.05) is 54.7 Å². The molecule has 4 rings (SSSR count). The van der Waals surface area contributed by atoms with Gasteiger partial charge in [-0.3, -0.25) is 5.32 Å². The van der Waals surface area contributed by atoms with Gasteiger partial charge in [0.15, 0.2) is 5.65 Å². The van der Waals surface area contributed by atoms with Gasteiger partial charge in [0, 0.05) is 17.4 Å². The molecular formula is C20H17N5O3. The average Bonchev–Trinajstić information content (AvgIpc) is 3.10. The van der Waals surface area contributed by atoms with Gasteiger partial charge in [-0.25, -0.2) is 9.31 Å². The number of para-hydroxylation sites is 2. The topological polar surface area (TPSA) is 101 Å². The Balaban J connectivity index is 1.60. The summed E-state index contributed by atoms with van der Waals surface area (Å²) in [7, 11) is 1.61. The van der Waals surface area contributed by atoms with E-state index >= 15 is 0 Å². The van der Waals surface area contributed by atoms with Gasteiger partial charge in [0.05, 0.1) is 12.8 Å². The molecule has 2 aromatic heterocycles. The number of carboxylic acid groups (broad SMARTS) is 1. The highest BCUT2D eigenvalue weighted by Gasteiger charge is 2.08. The van der Waals surface area contributed by atoms with Gasteiger partial charge in [0.25, 0.3) is 0 Å². The number of ether oxygens (including phenoxy) is 1. The van der Waals surface area contributed by atoms with Gasteiger partial charge in [-0.05, 0) is 42.0 Å². The Bertz CT molecular complexity index is 1140. The number of rotatable bonds is 5. The van der Waals surface area contributed by atoms with Crippen LogP contribution in [0.15, 0.2) is 66.9 Å². The highest BCUT2D eigenvalue weighted by molar-refractivity contribution is 5.83. The quantitative estimate of drug-likeness (QED) is 0.482. The molecule has 0 aliphatic heterocycles. The zero-order chi connectivity index (χ0) is 19.5. The first-order chi connectivity index (χ1) is 13.6. The molecule has 1 amide bonds. The van der Waals surface area contributed by atoms with Crippen LogP contribution in [0.1, 0.15) is 0 Å². The predicted molar refractivity (Wildman–Crippen MR) is 106 cm³/mol. The van der Waals surface area contributed by atoms with Crippen LogP contribution in [0.2, 0.25) is 0 Å². The van der Waals surface area contributed by atoms with E-state index in [0.29, 0.717) is 23.0 Å². The fourth-order valence-corrected chi connectivity index (χ4v) is 2.84. The van der Waals surface area contributed by atoms with Crippen LogP contribution in [0.25, 0.3) is 16.8 Å². The zero-order valence-electron chi connectivity index (χ0n) is 15.0. The van der Waals surface area contributed by atoms with Crippen molar-refractivity contribution < 1.29 is 14.6 Å². The Morgan fingerprint density at radius 1 is 1.04 bits per heavy atom. The molecule has 0 saturated heterocycles. The molecule has 8 heteroatoms. The first-order valence-electron chi connectivity index (χ1n) is 8.49. The molecule has 2 aromatic carbocycles. The maximum atomic E-state index is 10.7. The average molecular weight is 375 g/mol. The molecule has 0 aliphatic carbocycles. The van der Waals surface area contributed by atoms with Crippen LogP contribution >= 0.6 is 0 Å². The number of benzene rings is 2. The molecule has 140 valence electrons. The van der Waals surface area contributed by atoms with Gasteiger partial charge in [-0.1, -0.05) is 24.3 Å². The normalized spacial score (nSPS) is 10.6. The van der Waals surface area contributed by atoms with Crippen LogP contribution in [0.5, 0.6) is 5.75 Å². The molecule has 3 N–H and O–H groups in total. The summed E-state index contributed by atoms with van der Waals surface area (Å²) in [4.78, 5) is 15.2. The van der Waals surface area contributed by atoms with Gasteiger partial charge in [0.2, 0.25) is 5.95 Å². The Morgan fingerprint density at radius 2 is 1.79 bits per heavy atom. The second-order valence-electron chi connectivity index (χ2n) is 5.99. The van der Waals surface area contributed by atoms with Crippen LogP contribution < -0.4 is 15.4 Å². The summed E-state index contributed by atoms with van der Waals surface area (Å²) < 4.78 is 7.03. The van der Waals surface area contributed by atoms with E-state index in [-0.39, 0.29) is 0 Å². The van der Waals surface area contributed by atoms with Crippen LogP contribution in [-0.4, -0.2) is 32.9 Å². The first-order valence-corrected chi connectivity index (χ1v) is 8.49. The van der Waals surface area contributed by atoms with Crippen molar-refractivity contribution in [2.24, 2.45) is 0 Å². The molecule has 0 fully saturated rings. The third-order valence-corrected chi connectivity index (χ3v) is 4.15. The Labute approximate surface area is 160 Å². The number of aromatic nitrogens is 3. The lowest BCUT2D eigenvalue weighted by Crippen LogP contribution is -2.06. The predicted octanol–water partition coefficient (Wildman–Crippen LogP) is 4.24. The minimum absolute atomic E-state index is 0.461. The molecule has 2 heterocycles. The molecule has 0 spiro atoms. The van der Waals surface area contributed by atoms with E-state index in [9.17, 15) is 4.79 Å². The van der Waals surface area contributed by atoms with E-state index in [2.05, 4.69) is 20.7 Å². The van der Waals surface area contributed by atoms with Crippen molar-refractivity contribution in [3.63, 3.8) is 0 Å². The Kier molecular flexibility index (Phi) is 4.51. The van der Waals surface area contributed by atoms with Gasteiger partial charge >= 0.3 is 6.09 Å². The summed E-state index contributed by atoms with van der Waals surface area (Å²) in [6, 6.07) is 18.5. The summed E-state index contributed by atoms with van der Waals surface area (Å²) >= 11 is 0. The number of hydrogen-bond donors (Lipinski definition) is 3. The maximum absolute atomic E-state index is 10.7. The van der Waals surface area contributed by atoms with E-state index in [1.54, 1.807) is 23.8 Å². The lowest BCUT2D eigenvalue weighted by molar-refractivity contribution is 0.210. The summed E-state index contributed by atoms with van der Waals surface area (Å²) in [5.41, 5.74) is 3.87. The van der Waals surface area contributed by atoms with Crippen molar-refractivity contribution in [2.45, 2.75) is 0 Å². The number of fused-ring (bicyclic) bond motifs is 1. The van der Waals surface area contributed by atoms with E-state index in [1.165, 1.54) is 0 Å². The number of nitrogens with zero attached hydrogens (tertiary/aromatic N) is 3. The van der Waals surface area contributed by atoms with Crippen LogP contribution in [-0.2, 0) is 0 Å². The summed E-state index contributed by atoms with van der Waals surface area (Å²) in [5.74, 6) is 1.17. The second kappa shape index (κ2) is 7.28. The smallest absolute Gasteiger partial charge is 0.409 e. The fourth-order valence-electron chi connectivity index (χ4n) is 2.84. The number of amides is 1. The lowest BCUT2D eigenvalue weighted by Gasteiger charge is -2.07. The van der Waals surface area contributed by atoms with Crippen LogP contribution in [0, 0.1) is 0 Å². The fraction of sp³-hybridized carbons (Fsp3) is 0.0500. The Hall–Kier alpha value is -4.07. The molecule has 0 aliphatic rings. The number of carbonyl (C=O) groups is 1. The number of hydrogen-bond acceptors (Lipinski definition) is 5. The van der Waals surface area contributed by atoms with Crippen molar-refractivity contribution in [3.05, 3.63) is 66.9 Å². The Morgan fingerprint density at radius 3 is 2.54 bits per heavy atom. The SMILES string of the molecule is COc1ccccc1Nc1nc2ccc(-c3ccc(NC(=O)O)cc3)cn2n1. The molecule has 0 unspecified atom stereocenters. The third kappa shape index (κ3) is 3.56. The van der Waals surface area contributed by atoms with Crippen molar-refractivity contribution in [2.75, 3.05) is 17.7 Å². The van der Waals surface area contributed by atoms with Crippen molar-refractivity contribution >= 4 is 29.1 Å². The molecule has 0 radical (unpaired) electrons. The molecular weight excluding hydrogens is 358 g/mol. The standard InChI is InChI=1S/C20H17N5O3/c1-28-17-5-3-2-4-16(17)22-19-23-18-11-8-14(12-25(18)24-19)13-6-9-15(10-7-13)21-20(26)27/h2-12,21H,1H3,(H,22,24)(H,26,27). The lowest BCUT2D eigenvalue weighted by atomic mass is 10.1. The van der Waals surface area contributed by atoms with Crippen molar-refractivity contribution in [1.82, 2.24) is 14.6 Å². The minimum atomic E-state index is -1.09. The molecule has 0 saturated carbocycles. The zero-order valence-corrected chi connectivity index (χ0v) is 15.0. The number of nitrogens with one attached hydrogen (secondary N) is 2. The van der Waals surface area contributed by atoms with Crippen molar-refractivity contribution in [3.8, 4) is 16.9 Å². The third-order valence-electron chi connectivity index (χ3n) is 4.15. The summed E-state index contributed by atoms with van der Waals surface area (Å²) in [6.07, 6.45) is 0.780. The monoisotopic (exact) mass is 375 g/mol. The van der Waals surface area contributed by atoms with Gasteiger partial charge in [0.1, 0.15) is 5.75 Å². The van der Waals surface area contributed by atoms with E-state index < -0.39 is 6.09 Å². The van der Waals surface area contributed by atoms with E-state index in [4.69, 9.17) is 9.84 Å². The largest absolute Gasteiger partial charge is 0.495 e. The molecule has 4 aromatic rings. The van der Waals surface area contributed by atoms with E-state index in [0.717, 1.165) is 16.8 Å². The van der Waals surface area contributed by atoms with Crippen LogP contribution in [0.4, 0.5) is 22.1 Å².